The van der Waals surface area contributed by atoms with Crippen LogP contribution in [0.25, 0.3) is 0 Å². The lowest BCUT2D eigenvalue weighted by molar-refractivity contribution is 0.337. The van der Waals surface area contributed by atoms with E-state index in [9.17, 15) is 0 Å². The fourth-order valence-corrected chi connectivity index (χ4v) is 1.37. The molecular formula is C5H10BrN2. The second-order valence-electron chi connectivity index (χ2n) is 2.00. The molecule has 1 saturated heterocycles. The highest BCUT2D eigenvalue weighted by atomic mass is 79.9. The molecule has 1 heterocycles. The Morgan fingerprint density at radius 2 is 2.62 bits per heavy atom. The molecule has 8 heavy (non-hydrogen) atoms. The van der Waals surface area contributed by atoms with E-state index in [1.54, 1.807) is 0 Å². The van der Waals surface area contributed by atoms with Crippen LogP contribution in [-0.4, -0.2) is 30.0 Å². The van der Waals surface area contributed by atoms with Gasteiger partial charge in [0.05, 0.1) is 4.95 Å². The number of piperazine rings is 1. The minimum absolute atomic E-state index is 0.470. The lowest BCUT2D eigenvalue weighted by atomic mass is 10.4. The van der Waals surface area contributed by atoms with Crippen LogP contribution in [0.5, 0.6) is 0 Å². The van der Waals surface area contributed by atoms with Crippen molar-refractivity contribution >= 4 is 15.9 Å². The van der Waals surface area contributed by atoms with Gasteiger partial charge in [0.2, 0.25) is 0 Å². The summed E-state index contributed by atoms with van der Waals surface area (Å²) in [4.78, 5) is 2.65. The molecule has 1 aliphatic rings. The van der Waals surface area contributed by atoms with Crippen LogP contribution in [0.1, 0.15) is 0 Å². The minimum atomic E-state index is 0.470. The zero-order valence-electron chi connectivity index (χ0n) is 4.89. The summed E-state index contributed by atoms with van der Waals surface area (Å²) >= 11 is 3.46. The molecule has 1 atom stereocenters. The quantitative estimate of drug-likeness (QED) is 0.426. The Balaban J connectivity index is 2.23. The Labute approximate surface area is 58.4 Å². The van der Waals surface area contributed by atoms with Gasteiger partial charge in [0.25, 0.3) is 0 Å². The first kappa shape index (κ1) is 6.52. The summed E-state index contributed by atoms with van der Waals surface area (Å²) in [6, 6.07) is 0. The first-order valence-electron chi connectivity index (χ1n) is 2.70. The van der Waals surface area contributed by atoms with E-state index in [1.807, 2.05) is 0 Å². The SMILES string of the molecule is CN1[CH]CNC(Br)C1. The molecule has 1 unspecified atom stereocenters. The van der Waals surface area contributed by atoms with Gasteiger partial charge in [-0.3, -0.25) is 4.90 Å². The van der Waals surface area contributed by atoms with Crippen LogP contribution in [0.3, 0.4) is 0 Å². The van der Waals surface area contributed by atoms with Gasteiger partial charge in [0, 0.05) is 19.6 Å². The fourth-order valence-electron chi connectivity index (χ4n) is 0.728. The molecule has 0 aromatic carbocycles. The van der Waals surface area contributed by atoms with Gasteiger partial charge in [-0.25, -0.2) is 0 Å². The minimum Gasteiger partial charge on any atom is -0.302 e. The van der Waals surface area contributed by atoms with Gasteiger partial charge < -0.3 is 5.32 Å². The van der Waals surface area contributed by atoms with E-state index in [2.05, 4.69) is 39.7 Å². The maximum atomic E-state index is 3.46. The monoisotopic (exact) mass is 177 g/mol. The molecule has 0 bridgehead atoms. The maximum absolute atomic E-state index is 3.46. The van der Waals surface area contributed by atoms with Crippen LogP contribution in [0.15, 0.2) is 0 Å². The van der Waals surface area contributed by atoms with Crippen LogP contribution in [0.4, 0.5) is 0 Å². The lowest BCUT2D eigenvalue weighted by Gasteiger charge is -2.26. The third-order valence-electron chi connectivity index (χ3n) is 1.19. The van der Waals surface area contributed by atoms with Crippen LogP contribution in [0.2, 0.25) is 0 Å². The van der Waals surface area contributed by atoms with E-state index in [4.69, 9.17) is 0 Å². The Morgan fingerprint density at radius 1 is 1.88 bits per heavy atom. The van der Waals surface area contributed by atoms with Crippen molar-refractivity contribution in [1.29, 1.82) is 0 Å². The number of hydrogen-bond acceptors (Lipinski definition) is 2. The smallest absolute Gasteiger partial charge is 0.0760 e. The second-order valence-corrected chi connectivity index (χ2v) is 3.10. The molecular weight excluding hydrogens is 168 g/mol. The van der Waals surface area contributed by atoms with Crippen molar-refractivity contribution in [2.24, 2.45) is 0 Å². The van der Waals surface area contributed by atoms with Crippen molar-refractivity contribution < 1.29 is 0 Å². The van der Waals surface area contributed by atoms with Crippen molar-refractivity contribution in [2.45, 2.75) is 4.95 Å². The van der Waals surface area contributed by atoms with E-state index in [-0.39, 0.29) is 0 Å². The number of alkyl halides is 1. The molecule has 0 aliphatic carbocycles. The second kappa shape index (κ2) is 2.80. The highest BCUT2D eigenvalue weighted by molar-refractivity contribution is 9.09. The van der Waals surface area contributed by atoms with Crippen molar-refractivity contribution in [3.63, 3.8) is 0 Å². The molecule has 1 N–H and O–H groups in total. The topological polar surface area (TPSA) is 15.3 Å². The Kier molecular flexibility index (Phi) is 2.28. The van der Waals surface area contributed by atoms with Crippen molar-refractivity contribution in [3.05, 3.63) is 6.54 Å². The van der Waals surface area contributed by atoms with Crippen molar-refractivity contribution in [3.8, 4) is 0 Å². The van der Waals surface area contributed by atoms with Crippen LogP contribution in [-0.2, 0) is 0 Å². The Hall–Kier alpha value is 0.400. The highest BCUT2D eigenvalue weighted by Crippen LogP contribution is 2.03. The van der Waals surface area contributed by atoms with Gasteiger partial charge in [-0.05, 0) is 7.05 Å². The van der Waals surface area contributed by atoms with Gasteiger partial charge in [0.15, 0.2) is 0 Å². The summed E-state index contributed by atoms with van der Waals surface area (Å²) in [5.74, 6) is 0. The molecule has 0 aromatic heterocycles. The van der Waals surface area contributed by atoms with E-state index >= 15 is 0 Å². The molecule has 1 aliphatic heterocycles. The van der Waals surface area contributed by atoms with E-state index in [0.717, 1.165) is 13.1 Å². The van der Waals surface area contributed by atoms with Crippen LogP contribution < -0.4 is 5.32 Å². The number of nitrogens with zero attached hydrogens (tertiary/aromatic N) is 1. The van der Waals surface area contributed by atoms with Gasteiger partial charge in [0.1, 0.15) is 0 Å². The summed E-state index contributed by atoms with van der Waals surface area (Å²) in [6.45, 7) is 4.17. The van der Waals surface area contributed by atoms with Gasteiger partial charge in [-0.15, -0.1) is 0 Å². The fraction of sp³-hybridized carbons (Fsp3) is 0.800. The summed E-state index contributed by atoms with van der Waals surface area (Å²) in [5, 5.41) is 3.23. The summed E-state index contributed by atoms with van der Waals surface area (Å²) in [6.07, 6.45) is 0. The molecule has 2 nitrogen and oxygen atoms in total. The largest absolute Gasteiger partial charge is 0.302 e. The lowest BCUT2D eigenvalue weighted by Crippen LogP contribution is -2.42. The predicted octanol–water partition coefficient (Wildman–Crippen LogP) is 0.404. The highest BCUT2D eigenvalue weighted by Gasteiger charge is 2.11. The molecule has 3 heteroatoms. The zero-order valence-corrected chi connectivity index (χ0v) is 6.48. The van der Waals surface area contributed by atoms with E-state index < -0.39 is 0 Å². The van der Waals surface area contributed by atoms with E-state index in [0.29, 0.717) is 4.95 Å². The molecule has 1 radical (unpaired) electrons. The molecule has 0 aromatic rings. The summed E-state index contributed by atoms with van der Waals surface area (Å²) in [5.41, 5.74) is 0. The first-order chi connectivity index (χ1) is 3.79. The molecule has 0 saturated carbocycles. The Bertz CT molecular complexity index is 68.8. The zero-order chi connectivity index (χ0) is 5.98. The maximum Gasteiger partial charge on any atom is 0.0760 e. The van der Waals surface area contributed by atoms with Crippen LogP contribution in [0, 0.1) is 6.54 Å². The average molecular weight is 178 g/mol. The van der Waals surface area contributed by atoms with Gasteiger partial charge in [-0.2, -0.15) is 0 Å². The molecule has 1 fully saturated rings. The number of likely N-dealkylation sites (N-methyl/N-ethyl adjacent to an activating group) is 1. The number of halogens is 1. The number of hydrogen-bond donors (Lipinski definition) is 1. The summed E-state index contributed by atoms with van der Waals surface area (Å²) < 4.78 is 0. The average Bonchev–Trinajstić information content (AvgIpc) is 1.64. The molecule has 47 valence electrons. The van der Waals surface area contributed by atoms with Crippen LogP contribution >= 0.6 is 15.9 Å². The normalized spacial score (nSPS) is 33.0. The molecule has 0 amide bonds. The number of rotatable bonds is 0. The Morgan fingerprint density at radius 3 is 3.00 bits per heavy atom. The molecule has 0 spiro atoms. The predicted molar refractivity (Wildman–Crippen MR) is 37.6 cm³/mol. The molecule has 1 rings (SSSR count). The van der Waals surface area contributed by atoms with Crippen molar-refractivity contribution in [2.75, 3.05) is 20.1 Å². The first-order valence-corrected chi connectivity index (χ1v) is 3.61. The standard InChI is InChI=1S/C5H10BrN2/c1-8-3-2-7-5(6)4-8/h3,5,7H,2,4H2,1H3. The van der Waals surface area contributed by atoms with Crippen molar-refractivity contribution in [1.82, 2.24) is 10.2 Å². The third-order valence-corrected chi connectivity index (χ3v) is 1.80. The van der Waals surface area contributed by atoms with Gasteiger partial charge >= 0.3 is 0 Å². The van der Waals surface area contributed by atoms with E-state index in [1.165, 1.54) is 0 Å². The van der Waals surface area contributed by atoms with Gasteiger partial charge in [-0.1, -0.05) is 15.9 Å². The third kappa shape index (κ3) is 1.73. The number of nitrogens with one attached hydrogen (secondary N) is 1. The summed E-state index contributed by atoms with van der Waals surface area (Å²) in [7, 11) is 2.08.